The Balaban J connectivity index is 0.00000420. The van der Waals surface area contributed by atoms with E-state index in [2.05, 4.69) is 10.6 Å². The Morgan fingerprint density at radius 2 is 1.72 bits per heavy atom. The van der Waals surface area contributed by atoms with Crippen molar-refractivity contribution in [2.75, 3.05) is 6.54 Å². The van der Waals surface area contributed by atoms with Gasteiger partial charge >= 0.3 is 35.5 Å². The van der Waals surface area contributed by atoms with Crippen molar-refractivity contribution in [3.63, 3.8) is 0 Å². The molecule has 0 unspecified atom stereocenters. The molecule has 3 amide bonds. The molecule has 1 aromatic rings. The van der Waals surface area contributed by atoms with E-state index in [1.54, 1.807) is 0 Å². The average molecular weight is 413 g/mol. The van der Waals surface area contributed by atoms with Gasteiger partial charge in [-0.15, -0.1) is 0 Å². The van der Waals surface area contributed by atoms with Gasteiger partial charge in [0.25, 0.3) is 0 Å². The molecule has 3 N–H and O–H groups in total. The molecule has 0 bridgehead atoms. The number of carboxylic acids is 1. The van der Waals surface area contributed by atoms with Crippen molar-refractivity contribution in [1.82, 2.24) is 15.5 Å². The van der Waals surface area contributed by atoms with Crippen LogP contribution in [-0.2, 0) is 25.6 Å². The molecule has 0 spiro atoms. The van der Waals surface area contributed by atoms with Crippen molar-refractivity contribution >= 4 is 53.2 Å². The predicted octanol–water partition coefficient (Wildman–Crippen LogP) is -0.0884. The zero-order valence-electron chi connectivity index (χ0n) is 16.3. The van der Waals surface area contributed by atoms with Gasteiger partial charge in [-0.2, -0.15) is 0 Å². The molecule has 0 aliphatic carbocycles. The number of hydrogen-bond acceptors (Lipinski definition) is 4. The van der Waals surface area contributed by atoms with Gasteiger partial charge in [0.1, 0.15) is 12.1 Å². The van der Waals surface area contributed by atoms with Crippen LogP contribution >= 0.6 is 0 Å². The van der Waals surface area contributed by atoms with Gasteiger partial charge in [0.05, 0.1) is 0 Å². The summed E-state index contributed by atoms with van der Waals surface area (Å²) in [5, 5.41) is 14.6. The van der Waals surface area contributed by atoms with E-state index >= 15 is 0 Å². The molecule has 1 aromatic carbocycles. The Morgan fingerprint density at radius 3 is 2.21 bits per heavy atom. The van der Waals surface area contributed by atoms with E-state index in [0.29, 0.717) is 12.5 Å². The summed E-state index contributed by atoms with van der Waals surface area (Å²) < 4.78 is 0. The Bertz CT molecular complexity index is 721. The molecular weight excluding hydrogens is 385 g/mol. The first-order chi connectivity index (χ1) is 13.2. The zero-order valence-corrected chi connectivity index (χ0v) is 16.3. The molecule has 2 rings (SSSR count). The van der Waals surface area contributed by atoms with Gasteiger partial charge in [-0.3, -0.25) is 14.4 Å². The molecule has 9 heteroatoms. The van der Waals surface area contributed by atoms with Crippen LogP contribution in [0.3, 0.4) is 0 Å². The molecule has 0 aromatic heterocycles. The number of carboxylic acid groups (broad SMARTS) is 1. The average Bonchev–Trinajstić information content (AvgIpc) is 3.38. The number of rotatable bonds is 9. The number of amides is 3. The van der Waals surface area contributed by atoms with Gasteiger partial charge in [-0.25, -0.2) is 4.79 Å². The maximum absolute atomic E-state index is 12.6. The molecule has 154 valence electrons. The summed E-state index contributed by atoms with van der Waals surface area (Å²) in [7, 11) is 0. The number of nitrogens with zero attached hydrogens (tertiary/aromatic N) is 1. The second-order valence-corrected chi connectivity index (χ2v) is 7.38. The zero-order chi connectivity index (χ0) is 20.8. The predicted molar refractivity (Wildman–Crippen MR) is 109 cm³/mol. The van der Waals surface area contributed by atoms with Crippen LogP contribution < -0.4 is 10.6 Å². The van der Waals surface area contributed by atoms with E-state index in [4.69, 9.17) is 0 Å². The van der Waals surface area contributed by atoms with Gasteiger partial charge < -0.3 is 20.6 Å². The maximum atomic E-state index is 12.6. The first-order valence-corrected chi connectivity index (χ1v) is 9.36. The van der Waals surface area contributed by atoms with E-state index in [9.17, 15) is 24.3 Å². The van der Waals surface area contributed by atoms with Crippen molar-refractivity contribution in [2.45, 2.75) is 51.7 Å². The third kappa shape index (κ3) is 7.13. The second-order valence-electron chi connectivity index (χ2n) is 7.38. The molecule has 1 saturated heterocycles. The van der Waals surface area contributed by atoms with Crippen molar-refractivity contribution < 1.29 is 24.3 Å². The Morgan fingerprint density at radius 1 is 1.10 bits per heavy atom. The Hall–Kier alpha value is -1.90. The van der Waals surface area contributed by atoms with Crippen molar-refractivity contribution in [3.8, 4) is 0 Å². The molecule has 1 aliphatic heterocycles. The van der Waals surface area contributed by atoms with Crippen LogP contribution in [0.25, 0.3) is 0 Å². The van der Waals surface area contributed by atoms with E-state index in [-0.39, 0.29) is 41.9 Å². The number of carbonyl (C=O) groups excluding carboxylic acids is 3. The number of benzene rings is 1. The molecule has 0 radical (unpaired) electrons. The molecular formula is C20H28N3NaO5. The van der Waals surface area contributed by atoms with E-state index < -0.39 is 35.9 Å². The van der Waals surface area contributed by atoms with Gasteiger partial charge in [0, 0.05) is 19.9 Å². The third-order valence-electron chi connectivity index (χ3n) is 4.63. The summed E-state index contributed by atoms with van der Waals surface area (Å²) >= 11 is 0. The fourth-order valence-electron chi connectivity index (χ4n) is 3.07. The van der Waals surface area contributed by atoms with Crippen LogP contribution in [-0.4, -0.2) is 87.9 Å². The van der Waals surface area contributed by atoms with Gasteiger partial charge in [0.2, 0.25) is 17.7 Å². The fraction of sp³-hybridized carbons (Fsp3) is 0.500. The van der Waals surface area contributed by atoms with Crippen molar-refractivity contribution in [2.24, 2.45) is 5.92 Å². The van der Waals surface area contributed by atoms with Gasteiger partial charge in [-0.05, 0) is 17.9 Å². The second kappa shape index (κ2) is 11.3. The summed E-state index contributed by atoms with van der Waals surface area (Å²) in [5.74, 6) is -2.28. The van der Waals surface area contributed by atoms with Crippen LogP contribution in [0.1, 0.15) is 32.8 Å². The van der Waals surface area contributed by atoms with E-state index in [1.165, 1.54) is 6.92 Å². The number of nitrogens with one attached hydrogen (secondary N) is 2. The topological polar surface area (TPSA) is 116 Å². The van der Waals surface area contributed by atoms with Crippen LogP contribution in [0.2, 0.25) is 0 Å². The Labute approximate surface area is 192 Å². The first-order valence-electron chi connectivity index (χ1n) is 9.36. The first kappa shape index (κ1) is 25.1. The van der Waals surface area contributed by atoms with Crippen molar-refractivity contribution in [1.29, 1.82) is 0 Å². The molecule has 0 saturated carbocycles. The van der Waals surface area contributed by atoms with Crippen LogP contribution in [0.5, 0.6) is 0 Å². The van der Waals surface area contributed by atoms with Crippen LogP contribution in [0.4, 0.5) is 0 Å². The number of carbonyl (C=O) groups is 4. The minimum atomic E-state index is -1.24. The van der Waals surface area contributed by atoms with Gasteiger partial charge in [-0.1, -0.05) is 44.2 Å². The van der Waals surface area contributed by atoms with Gasteiger partial charge in [0.15, 0.2) is 6.04 Å². The summed E-state index contributed by atoms with van der Waals surface area (Å²) in [6, 6.07) is 6.10. The third-order valence-corrected chi connectivity index (χ3v) is 4.63. The molecule has 8 nitrogen and oxygen atoms in total. The molecule has 29 heavy (non-hydrogen) atoms. The van der Waals surface area contributed by atoms with Crippen LogP contribution in [0, 0.1) is 5.92 Å². The Kier molecular flexibility index (Phi) is 9.82. The normalized spacial score (nSPS) is 18.4. The molecule has 1 fully saturated rings. The molecule has 1 heterocycles. The fourth-order valence-corrected chi connectivity index (χ4v) is 3.07. The summed E-state index contributed by atoms with van der Waals surface area (Å²) in [4.78, 5) is 49.0. The summed E-state index contributed by atoms with van der Waals surface area (Å²) in [6.07, 6.45) is 1.07. The monoisotopic (exact) mass is 413 g/mol. The summed E-state index contributed by atoms with van der Waals surface area (Å²) in [5.41, 5.74) is 0.862. The number of hydrogen-bond donors (Lipinski definition) is 3. The standard InChI is InChI=1S/C20H27N3O5.Na.H/c1-12(2)9-10-21-18(25)15(11-14-7-5-4-6-8-14)22-19(26)16-17(20(27)28)23(16)13(3)24;;/h4-8,12,15-17H,9-11H2,1-3H3,(H,21,25)(H,22,26)(H,27,28);;/t15-,16-,17-,23?;;/m0../s1. The number of aliphatic carboxylic acids is 1. The summed E-state index contributed by atoms with van der Waals surface area (Å²) in [6.45, 7) is 5.79. The quantitative estimate of drug-likeness (QED) is 0.387. The van der Waals surface area contributed by atoms with E-state index in [0.717, 1.165) is 16.9 Å². The SMILES string of the molecule is CC(=O)N1[C@H](C(=O)O)[C@H]1C(=O)N[C@@H](Cc1ccccc1)C(=O)NCCC(C)C.[NaH]. The van der Waals surface area contributed by atoms with Crippen LogP contribution in [0.15, 0.2) is 30.3 Å². The van der Waals surface area contributed by atoms with E-state index in [1.807, 2.05) is 44.2 Å². The molecule has 1 aliphatic rings. The minimum absolute atomic E-state index is 0. The van der Waals surface area contributed by atoms with Crippen molar-refractivity contribution in [3.05, 3.63) is 35.9 Å². The molecule has 3 atom stereocenters.